The average Bonchev–Trinajstić information content (AvgIpc) is 2.35. The molecule has 0 aliphatic carbocycles. The highest BCUT2D eigenvalue weighted by Crippen LogP contribution is 2.16. The van der Waals surface area contributed by atoms with Gasteiger partial charge in [-0.1, -0.05) is 6.92 Å². The van der Waals surface area contributed by atoms with Crippen LogP contribution in [0.25, 0.3) is 0 Å². The smallest absolute Gasteiger partial charge is 0.235 e. The molecule has 1 rings (SSSR count). The van der Waals surface area contributed by atoms with Crippen molar-refractivity contribution >= 4 is 23.3 Å². The predicted octanol–water partition coefficient (Wildman–Crippen LogP) is 1.19. The molecule has 94 valence electrons. The van der Waals surface area contributed by atoms with Crippen molar-refractivity contribution in [3.8, 4) is 11.8 Å². The lowest BCUT2D eigenvalue weighted by molar-refractivity contribution is 0.373. The van der Waals surface area contributed by atoms with Gasteiger partial charge in [-0.3, -0.25) is 0 Å². The number of nitrogens with zero attached hydrogens (tertiary/aromatic N) is 2. The zero-order chi connectivity index (χ0) is 12.7. The van der Waals surface area contributed by atoms with Gasteiger partial charge in [0.1, 0.15) is 0 Å². The summed E-state index contributed by atoms with van der Waals surface area (Å²) in [6.07, 6.45) is 0.990. The Morgan fingerprint density at radius 2 is 1.88 bits per heavy atom. The molecule has 0 aliphatic heterocycles. The van der Waals surface area contributed by atoms with Crippen LogP contribution in [0.5, 0.6) is 11.8 Å². The van der Waals surface area contributed by atoms with Crippen molar-refractivity contribution in [3.63, 3.8) is 0 Å². The second kappa shape index (κ2) is 6.85. The summed E-state index contributed by atoms with van der Waals surface area (Å²) in [6.45, 7) is 2.85. The first-order valence-corrected chi connectivity index (χ1v) is 5.62. The third-order valence-corrected chi connectivity index (χ3v) is 2.10. The molecule has 0 atom stereocenters. The highest BCUT2D eigenvalue weighted by Gasteiger charge is 2.06. The molecule has 17 heavy (non-hydrogen) atoms. The lowest BCUT2D eigenvalue weighted by atomic mass is 10.5. The molecule has 6 nitrogen and oxygen atoms in total. The van der Waals surface area contributed by atoms with Crippen LogP contribution in [0.15, 0.2) is 6.07 Å². The van der Waals surface area contributed by atoms with E-state index < -0.39 is 0 Å². The number of hydrogen-bond acceptors (Lipinski definition) is 5. The van der Waals surface area contributed by atoms with Gasteiger partial charge in [0.2, 0.25) is 17.7 Å². The number of nitrogens with one attached hydrogen (secondary N) is 2. The number of anilines is 1. The molecular formula is C10H16N4O2S. The van der Waals surface area contributed by atoms with Crippen LogP contribution in [0, 0.1) is 0 Å². The molecule has 0 aliphatic rings. The Morgan fingerprint density at radius 1 is 1.29 bits per heavy atom. The van der Waals surface area contributed by atoms with Gasteiger partial charge in [-0.25, -0.2) is 0 Å². The number of methoxy groups -OCH3 is 2. The topological polar surface area (TPSA) is 68.3 Å². The SMILES string of the molecule is CCCNC(=S)Nc1nc(OC)cc(OC)n1. The highest BCUT2D eigenvalue weighted by atomic mass is 32.1. The summed E-state index contributed by atoms with van der Waals surface area (Å²) in [6, 6.07) is 1.59. The minimum Gasteiger partial charge on any atom is -0.481 e. The molecule has 0 saturated carbocycles. The largest absolute Gasteiger partial charge is 0.481 e. The summed E-state index contributed by atoms with van der Waals surface area (Å²) >= 11 is 5.08. The van der Waals surface area contributed by atoms with Gasteiger partial charge in [-0.05, 0) is 18.6 Å². The van der Waals surface area contributed by atoms with E-state index in [1.54, 1.807) is 6.07 Å². The number of aromatic nitrogens is 2. The number of rotatable bonds is 5. The fourth-order valence-corrected chi connectivity index (χ4v) is 1.25. The Bertz CT molecular complexity index is 364. The molecule has 2 N–H and O–H groups in total. The molecule has 7 heteroatoms. The van der Waals surface area contributed by atoms with E-state index in [4.69, 9.17) is 21.7 Å². The molecular weight excluding hydrogens is 240 g/mol. The molecule has 0 radical (unpaired) electrons. The molecule has 1 heterocycles. The summed E-state index contributed by atoms with van der Waals surface area (Å²) in [4.78, 5) is 8.19. The van der Waals surface area contributed by atoms with Gasteiger partial charge >= 0.3 is 0 Å². The van der Waals surface area contributed by atoms with Crippen LogP contribution in [0.3, 0.4) is 0 Å². The van der Waals surface area contributed by atoms with Crippen LogP contribution in [0.1, 0.15) is 13.3 Å². The molecule has 0 unspecified atom stereocenters. The van der Waals surface area contributed by atoms with Crippen molar-refractivity contribution in [3.05, 3.63) is 6.07 Å². The van der Waals surface area contributed by atoms with Crippen LogP contribution in [-0.2, 0) is 0 Å². The van der Waals surface area contributed by atoms with Crippen molar-refractivity contribution in [1.82, 2.24) is 15.3 Å². The van der Waals surface area contributed by atoms with Crippen molar-refractivity contribution in [2.24, 2.45) is 0 Å². The first-order chi connectivity index (χ1) is 8.19. The average molecular weight is 256 g/mol. The van der Waals surface area contributed by atoms with Gasteiger partial charge in [0, 0.05) is 6.54 Å². The minimum absolute atomic E-state index is 0.342. The summed E-state index contributed by atoms with van der Waals surface area (Å²) < 4.78 is 10.1. The maximum absolute atomic E-state index is 5.08. The quantitative estimate of drug-likeness (QED) is 0.767. The maximum Gasteiger partial charge on any atom is 0.235 e. The lowest BCUT2D eigenvalue weighted by Gasteiger charge is -2.10. The van der Waals surface area contributed by atoms with Gasteiger partial charge < -0.3 is 20.1 Å². The maximum atomic E-state index is 5.08. The Balaban J connectivity index is 2.72. The number of hydrogen-bond donors (Lipinski definition) is 2. The van der Waals surface area contributed by atoms with Gasteiger partial charge in [0.25, 0.3) is 0 Å². The summed E-state index contributed by atoms with van der Waals surface area (Å²) in [5.41, 5.74) is 0. The molecule has 1 aromatic rings. The summed E-state index contributed by atoms with van der Waals surface area (Å²) in [5, 5.41) is 6.35. The zero-order valence-electron chi connectivity index (χ0n) is 10.1. The first-order valence-electron chi connectivity index (χ1n) is 5.21. The normalized spacial score (nSPS) is 9.59. The van der Waals surface area contributed by atoms with E-state index in [9.17, 15) is 0 Å². The molecule has 0 bridgehead atoms. The Labute approximate surface area is 106 Å². The standard InChI is InChI=1S/C10H16N4O2S/c1-4-5-11-10(17)14-9-12-7(15-2)6-8(13-9)16-3/h6H,4-5H2,1-3H3,(H2,11,12,13,14,17). The lowest BCUT2D eigenvalue weighted by Crippen LogP contribution is -2.29. The summed E-state index contributed by atoms with van der Waals surface area (Å²) in [7, 11) is 3.05. The van der Waals surface area contributed by atoms with E-state index in [0.717, 1.165) is 13.0 Å². The van der Waals surface area contributed by atoms with E-state index >= 15 is 0 Å². The molecule has 0 saturated heterocycles. The van der Waals surface area contributed by atoms with Crippen LogP contribution in [0.4, 0.5) is 5.95 Å². The second-order valence-corrected chi connectivity index (χ2v) is 3.57. The molecule has 1 aromatic heterocycles. The van der Waals surface area contributed by atoms with Gasteiger partial charge in [0.05, 0.1) is 20.3 Å². The predicted molar refractivity (Wildman–Crippen MR) is 69.7 cm³/mol. The molecule has 0 amide bonds. The first kappa shape index (κ1) is 13.4. The zero-order valence-corrected chi connectivity index (χ0v) is 10.9. The van der Waals surface area contributed by atoms with Gasteiger partial charge in [-0.2, -0.15) is 9.97 Å². The molecule has 0 spiro atoms. The van der Waals surface area contributed by atoms with E-state index in [1.807, 2.05) is 0 Å². The second-order valence-electron chi connectivity index (χ2n) is 3.16. The van der Waals surface area contributed by atoms with E-state index in [0.29, 0.717) is 22.8 Å². The number of thiocarbonyl (C=S) groups is 1. The van der Waals surface area contributed by atoms with E-state index in [2.05, 4.69) is 27.5 Å². The Kier molecular flexibility index (Phi) is 5.41. The molecule has 0 fully saturated rings. The third-order valence-electron chi connectivity index (χ3n) is 1.86. The van der Waals surface area contributed by atoms with Crippen LogP contribution >= 0.6 is 12.2 Å². The highest BCUT2D eigenvalue weighted by molar-refractivity contribution is 7.80. The van der Waals surface area contributed by atoms with Crippen molar-refractivity contribution in [2.45, 2.75) is 13.3 Å². The number of ether oxygens (including phenoxy) is 2. The fourth-order valence-electron chi connectivity index (χ4n) is 1.05. The van der Waals surface area contributed by atoms with Crippen LogP contribution in [0.2, 0.25) is 0 Å². The minimum atomic E-state index is 0.342. The molecule has 0 aromatic carbocycles. The van der Waals surface area contributed by atoms with E-state index in [-0.39, 0.29) is 0 Å². The summed E-state index contributed by atoms with van der Waals surface area (Å²) in [5.74, 6) is 1.17. The van der Waals surface area contributed by atoms with Crippen molar-refractivity contribution in [1.29, 1.82) is 0 Å². The van der Waals surface area contributed by atoms with Gasteiger partial charge in [-0.15, -0.1) is 0 Å². The Morgan fingerprint density at radius 3 is 2.35 bits per heavy atom. The Hall–Kier alpha value is -1.63. The fraction of sp³-hybridized carbons (Fsp3) is 0.500. The van der Waals surface area contributed by atoms with Crippen LogP contribution in [-0.4, -0.2) is 35.8 Å². The van der Waals surface area contributed by atoms with Crippen molar-refractivity contribution < 1.29 is 9.47 Å². The van der Waals surface area contributed by atoms with Gasteiger partial charge in [0.15, 0.2) is 5.11 Å². The third kappa shape index (κ3) is 4.39. The van der Waals surface area contributed by atoms with Crippen molar-refractivity contribution in [2.75, 3.05) is 26.1 Å². The monoisotopic (exact) mass is 256 g/mol. The van der Waals surface area contributed by atoms with Crippen LogP contribution < -0.4 is 20.1 Å². The van der Waals surface area contributed by atoms with E-state index in [1.165, 1.54) is 14.2 Å².